The molecule has 0 bridgehead atoms. The molecule has 150 valence electrons. The van der Waals surface area contributed by atoms with Crippen molar-refractivity contribution in [3.05, 3.63) is 107 Å². The van der Waals surface area contributed by atoms with Crippen LogP contribution in [-0.2, 0) is 11.3 Å². The van der Waals surface area contributed by atoms with Gasteiger partial charge in [0.15, 0.2) is 0 Å². The quantitative estimate of drug-likeness (QED) is 0.342. The molecule has 4 rings (SSSR count). The molecule has 30 heavy (non-hydrogen) atoms. The maximum absolute atomic E-state index is 12.8. The fourth-order valence-corrected chi connectivity index (χ4v) is 4.45. The van der Waals surface area contributed by atoms with Gasteiger partial charge in [0, 0.05) is 0 Å². The van der Waals surface area contributed by atoms with Crippen molar-refractivity contribution in [1.29, 1.82) is 0 Å². The molecule has 0 aliphatic carbocycles. The molecule has 1 amide bonds. The van der Waals surface area contributed by atoms with E-state index in [-0.39, 0.29) is 12.0 Å². The smallest absolute Gasteiger partial charge is 0.266 e. The van der Waals surface area contributed by atoms with Gasteiger partial charge in [-0.05, 0) is 41.8 Å². The summed E-state index contributed by atoms with van der Waals surface area (Å²) in [5, 5.41) is 0. The van der Waals surface area contributed by atoms with Gasteiger partial charge in [-0.15, -0.1) is 0 Å². The number of hydrogen-bond donors (Lipinski definition) is 0. The number of rotatable bonds is 6. The Morgan fingerprint density at radius 2 is 1.60 bits per heavy atom. The number of ether oxygens (including phenoxy) is 1. The van der Waals surface area contributed by atoms with E-state index in [1.54, 1.807) is 4.90 Å². The van der Waals surface area contributed by atoms with Crippen LogP contribution in [0.1, 0.15) is 29.7 Å². The van der Waals surface area contributed by atoms with E-state index < -0.39 is 0 Å². The maximum Gasteiger partial charge on any atom is 0.266 e. The van der Waals surface area contributed by atoms with E-state index >= 15 is 0 Å². The van der Waals surface area contributed by atoms with Gasteiger partial charge in [0.05, 0.1) is 11.4 Å². The fraction of sp³-hybridized carbons (Fsp3) is 0.120. The average molecular weight is 432 g/mol. The molecule has 1 atom stereocenters. The first-order valence-corrected chi connectivity index (χ1v) is 10.9. The summed E-state index contributed by atoms with van der Waals surface area (Å²) in [6, 6.07) is 27.8. The highest BCUT2D eigenvalue weighted by Crippen LogP contribution is 2.34. The highest BCUT2D eigenvalue weighted by molar-refractivity contribution is 8.26. The zero-order chi connectivity index (χ0) is 20.9. The van der Waals surface area contributed by atoms with Crippen LogP contribution in [0, 0.1) is 0 Å². The fourth-order valence-electron chi connectivity index (χ4n) is 3.19. The van der Waals surface area contributed by atoms with Crippen molar-refractivity contribution >= 4 is 40.3 Å². The van der Waals surface area contributed by atoms with E-state index in [9.17, 15) is 4.79 Å². The molecule has 0 saturated carbocycles. The van der Waals surface area contributed by atoms with Crippen molar-refractivity contribution in [3.63, 3.8) is 0 Å². The summed E-state index contributed by atoms with van der Waals surface area (Å²) in [6.45, 7) is 2.52. The minimum absolute atomic E-state index is 0.0358. The number of amides is 1. The lowest BCUT2D eigenvalue weighted by molar-refractivity contribution is -0.122. The molecule has 5 heteroatoms. The molecular formula is C25H21NO2S2. The number of thiocarbonyl (C=S) groups is 1. The summed E-state index contributed by atoms with van der Waals surface area (Å²) in [6.07, 6.45) is 1.85. The first kappa shape index (κ1) is 20.4. The minimum atomic E-state index is -0.0492. The molecule has 3 aromatic rings. The third kappa shape index (κ3) is 4.81. The first-order valence-electron chi connectivity index (χ1n) is 9.71. The van der Waals surface area contributed by atoms with E-state index in [4.69, 9.17) is 17.0 Å². The van der Waals surface area contributed by atoms with Gasteiger partial charge in [0.1, 0.15) is 16.2 Å². The molecule has 3 nitrogen and oxygen atoms in total. The second kappa shape index (κ2) is 9.28. The molecule has 1 heterocycles. The number of nitrogens with zero attached hydrogens (tertiary/aromatic N) is 1. The van der Waals surface area contributed by atoms with Crippen LogP contribution < -0.4 is 4.74 Å². The predicted molar refractivity (Wildman–Crippen MR) is 127 cm³/mol. The lowest BCUT2D eigenvalue weighted by Crippen LogP contribution is -2.27. The Kier molecular flexibility index (Phi) is 6.31. The lowest BCUT2D eigenvalue weighted by atomic mass is 10.1. The number of benzene rings is 3. The highest BCUT2D eigenvalue weighted by atomic mass is 32.2. The minimum Gasteiger partial charge on any atom is -0.486 e. The Balaban J connectivity index is 1.43. The highest BCUT2D eigenvalue weighted by Gasteiger charge is 2.31. The molecular weight excluding hydrogens is 410 g/mol. The van der Waals surface area contributed by atoms with Crippen molar-refractivity contribution < 1.29 is 9.53 Å². The summed E-state index contributed by atoms with van der Waals surface area (Å²) in [5.74, 6) is 0.743. The number of hydrogen-bond acceptors (Lipinski definition) is 4. The van der Waals surface area contributed by atoms with Gasteiger partial charge in [0.2, 0.25) is 0 Å². The zero-order valence-electron chi connectivity index (χ0n) is 16.5. The monoisotopic (exact) mass is 431 g/mol. The van der Waals surface area contributed by atoms with Crippen LogP contribution in [0.5, 0.6) is 5.75 Å². The van der Waals surface area contributed by atoms with Gasteiger partial charge < -0.3 is 4.74 Å². The van der Waals surface area contributed by atoms with Crippen LogP contribution >= 0.6 is 24.0 Å². The standard InChI is InChI=1S/C25H21NO2S2/c1-18(21-10-6-3-7-11-21)28-22-14-12-19(13-15-22)16-23-24(27)26(25(29)30-23)17-20-8-4-2-5-9-20/h2-16,18H,17H2,1H3/b23-16-/t18-/m1/s1. The Labute approximate surface area is 186 Å². The topological polar surface area (TPSA) is 29.5 Å². The van der Waals surface area contributed by atoms with Gasteiger partial charge in [-0.1, -0.05) is 96.8 Å². The summed E-state index contributed by atoms with van der Waals surface area (Å²) in [7, 11) is 0. The van der Waals surface area contributed by atoms with Gasteiger partial charge >= 0.3 is 0 Å². The second-order valence-electron chi connectivity index (χ2n) is 6.99. The zero-order valence-corrected chi connectivity index (χ0v) is 18.2. The van der Waals surface area contributed by atoms with E-state index in [0.717, 1.165) is 22.4 Å². The van der Waals surface area contributed by atoms with Crippen LogP contribution in [0.4, 0.5) is 0 Å². The molecule has 0 unspecified atom stereocenters. The second-order valence-corrected chi connectivity index (χ2v) is 8.67. The Morgan fingerprint density at radius 1 is 0.967 bits per heavy atom. The van der Waals surface area contributed by atoms with Gasteiger partial charge in [0.25, 0.3) is 5.91 Å². The Hall–Kier alpha value is -2.89. The Bertz CT molecular complexity index is 1060. The molecule has 1 aliphatic heterocycles. The number of carbonyl (C=O) groups excluding carboxylic acids is 1. The van der Waals surface area contributed by atoms with Crippen LogP contribution in [0.2, 0.25) is 0 Å². The molecule has 0 aromatic heterocycles. The van der Waals surface area contributed by atoms with Crippen molar-refractivity contribution in [2.24, 2.45) is 0 Å². The average Bonchev–Trinajstić information content (AvgIpc) is 3.04. The van der Waals surface area contributed by atoms with Crippen molar-refractivity contribution in [2.45, 2.75) is 19.6 Å². The van der Waals surface area contributed by atoms with Gasteiger partial charge in [-0.25, -0.2) is 0 Å². The van der Waals surface area contributed by atoms with E-state index in [0.29, 0.717) is 15.8 Å². The summed E-state index contributed by atoms with van der Waals surface area (Å²) in [5.41, 5.74) is 3.13. The molecule has 0 spiro atoms. The van der Waals surface area contributed by atoms with Crippen LogP contribution in [0.15, 0.2) is 89.8 Å². The first-order chi connectivity index (χ1) is 14.6. The van der Waals surface area contributed by atoms with E-state index in [2.05, 4.69) is 12.1 Å². The van der Waals surface area contributed by atoms with Crippen molar-refractivity contribution in [3.8, 4) is 5.75 Å². The van der Waals surface area contributed by atoms with Gasteiger partial charge in [-0.3, -0.25) is 9.69 Å². The summed E-state index contributed by atoms with van der Waals surface area (Å²) < 4.78 is 6.61. The van der Waals surface area contributed by atoms with Crippen LogP contribution in [0.25, 0.3) is 6.08 Å². The number of carbonyl (C=O) groups is 1. The molecule has 1 fully saturated rings. The van der Waals surface area contributed by atoms with Crippen molar-refractivity contribution in [2.75, 3.05) is 0 Å². The van der Waals surface area contributed by atoms with E-state index in [1.807, 2.05) is 85.8 Å². The van der Waals surface area contributed by atoms with E-state index in [1.165, 1.54) is 11.8 Å². The molecule has 3 aromatic carbocycles. The largest absolute Gasteiger partial charge is 0.486 e. The van der Waals surface area contributed by atoms with Crippen LogP contribution in [0.3, 0.4) is 0 Å². The van der Waals surface area contributed by atoms with Gasteiger partial charge in [-0.2, -0.15) is 0 Å². The molecule has 1 saturated heterocycles. The molecule has 0 radical (unpaired) electrons. The molecule has 0 N–H and O–H groups in total. The Morgan fingerprint density at radius 3 is 2.27 bits per heavy atom. The SMILES string of the molecule is C[C@@H](Oc1ccc(/C=C2\SC(=S)N(Cc3ccccc3)C2=O)cc1)c1ccccc1. The maximum atomic E-state index is 12.8. The third-order valence-corrected chi connectivity index (χ3v) is 6.19. The molecule has 1 aliphatic rings. The lowest BCUT2D eigenvalue weighted by Gasteiger charge is -2.15. The predicted octanol–water partition coefficient (Wildman–Crippen LogP) is 6.23. The summed E-state index contributed by atoms with van der Waals surface area (Å²) in [4.78, 5) is 15.1. The van der Waals surface area contributed by atoms with Crippen LogP contribution in [-0.4, -0.2) is 15.1 Å². The third-order valence-electron chi connectivity index (χ3n) is 4.82. The normalized spacial score (nSPS) is 16.2. The summed E-state index contributed by atoms with van der Waals surface area (Å²) >= 11 is 6.78. The number of thioether (sulfide) groups is 1. The van der Waals surface area contributed by atoms with Crippen molar-refractivity contribution in [1.82, 2.24) is 4.90 Å².